The monoisotopic (exact) mass is 258 g/mol. The number of hydrogen-bond acceptors (Lipinski definition) is 5. The zero-order valence-corrected chi connectivity index (χ0v) is 10.5. The van der Waals surface area contributed by atoms with Gasteiger partial charge in [-0.25, -0.2) is 4.98 Å². The molecule has 2 aromatic rings. The van der Waals surface area contributed by atoms with Crippen molar-refractivity contribution in [1.82, 2.24) is 29.8 Å². The van der Waals surface area contributed by atoms with Crippen molar-refractivity contribution in [3.63, 3.8) is 0 Å². The minimum Gasteiger partial charge on any atom is -0.325 e. The van der Waals surface area contributed by atoms with Crippen molar-refractivity contribution in [1.29, 1.82) is 0 Å². The maximum Gasteiger partial charge on any atom is 0.185 e. The van der Waals surface area contributed by atoms with Gasteiger partial charge in [0.25, 0.3) is 0 Å². The van der Waals surface area contributed by atoms with E-state index in [2.05, 4.69) is 20.4 Å². The Balaban J connectivity index is 2.02. The number of alkyl halides is 1. The van der Waals surface area contributed by atoms with Gasteiger partial charge >= 0.3 is 0 Å². The van der Waals surface area contributed by atoms with Gasteiger partial charge in [-0.2, -0.15) is 4.80 Å². The van der Waals surface area contributed by atoms with Gasteiger partial charge in [0, 0.05) is 7.05 Å². The van der Waals surface area contributed by atoms with Crippen molar-refractivity contribution in [3.05, 3.63) is 17.7 Å². The Bertz CT molecular complexity index is 479. The lowest BCUT2D eigenvalue weighted by Gasteiger charge is -2.01. The Morgan fingerprint density at radius 2 is 2.25 bits per heavy atom. The van der Waals surface area contributed by atoms with Crippen LogP contribution in [0.3, 0.4) is 0 Å². The first-order valence-corrected chi connectivity index (χ1v) is 6.15. The molecule has 0 saturated heterocycles. The van der Waals surface area contributed by atoms with E-state index in [9.17, 15) is 0 Å². The smallest absolute Gasteiger partial charge is 0.185 e. The third-order valence-corrected chi connectivity index (χ3v) is 3.37. The molecule has 2 rings (SSSR count). The van der Waals surface area contributed by atoms with Crippen molar-refractivity contribution in [3.8, 4) is 0 Å². The van der Waals surface area contributed by atoms with E-state index in [1.54, 1.807) is 25.0 Å². The molecule has 0 aliphatic rings. The number of aryl methyl sites for hydroxylation is 1. The first-order valence-electron chi connectivity index (χ1n) is 4.63. The normalized spacial score (nSPS) is 10.9. The Morgan fingerprint density at radius 3 is 2.81 bits per heavy atom. The number of nitrogens with zero attached hydrogens (tertiary/aromatic N) is 6. The third kappa shape index (κ3) is 2.35. The highest BCUT2D eigenvalue weighted by Crippen LogP contribution is 2.20. The van der Waals surface area contributed by atoms with Crippen LogP contribution in [0, 0.1) is 0 Å². The number of imidazole rings is 1. The van der Waals surface area contributed by atoms with Crippen LogP contribution in [0.15, 0.2) is 11.4 Å². The predicted molar refractivity (Wildman–Crippen MR) is 61.1 cm³/mol. The number of aromatic nitrogens is 6. The van der Waals surface area contributed by atoms with Crippen molar-refractivity contribution < 1.29 is 0 Å². The molecule has 86 valence electrons. The summed E-state index contributed by atoms with van der Waals surface area (Å²) in [4.78, 5) is 5.71. The summed E-state index contributed by atoms with van der Waals surface area (Å²) >= 11 is 7.32. The van der Waals surface area contributed by atoms with Crippen LogP contribution in [0.4, 0.5) is 0 Å². The Morgan fingerprint density at radius 1 is 1.44 bits per heavy atom. The number of tetrazole rings is 1. The molecule has 0 aliphatic carbocycles. The van der Waals surface area contributed by atoms with E-state index in [4.69, 9.17) is 11.6 Å². The first kappa shape index (κ1) is 11.4. The SMILES string of the molecule is Cn1nnc(CSc2ncc(CCl)n2C)n1. The molecule has 0 amide bonds. The number of halogens is 1. The van der Waals surface area contributed by atoms with Crippen LogP contribution in [0.2, 0.25) is 0 Å². The van der Waals surface area contributed by atoms with E-state index in [1.165, 1.54) is 4.80 Å². The molecule has 0 aromatic carbocycles. The van der Waals surface area contributed by atoms with Crippen LogP contribution in [0.25, 0.3) is 0 Å². The van der Waals surface area contributed by atoms with E-state index in [0.29, 0.717) is 17.5 Å². The Labute approximate surface area is 102 Å². The molecule has 6 nitrogen and oxygen atoms in total. The molecule has 8 heteroatoms. The molecular formula is C8H11ClN6S. The van der Waals surface area contributed by atoms with Gasteiger partial charge in [0.15, 0.2) is 11.0 Å². The molecule has 0 radical (unpaired) electrons. The van der Waals surface area contributed by atoms with Gasteiger partial charge in [0.1, 0.15) is 0 Å². The first-order chi connectivity index (χ1) is 7.70. The molecule has 0 N–H and O–H groups in total. The fourth-order valence-corrected chi connectivity index (χ4v) is 2.25. The van der Waals surface area contributed by atoms with Gasteiger partial charge in [0.05, 0.1) is 30.6 Å². The molecule has 2 aromatic heterocycles. The lowest BCUT2D eigenvalue weighted by atomic mass is 10.5. The third-order valence-electron chi connectivity index (χ3n) is 2.06. The maximum atomic E-state index is 5.76. The highest BCUT2D eigenvalue weighted by molar-refractivity contribution is 7.98. The highest BCUT2D eigenvalue weighted by atomic mass is 35.5. The zero-order valence-electron chi connectivity index (χ0n) is 8.96. The minimum absolute atomic E-state index is 0.466. The fraction of sp³-hybridized carbons (Fsp3) is 0.500. The largest absolute Gasteiger partial charge is 0.325 e. The Hall–Kier alpha value is -1.08. The second kappa shape index (κ2) is 4.84. The second-order valence-electron chi connectivity index (χ2n) is 3.21. The van der Waals surface area contributed by atoms with Gasteiger partial charge in [-0.05, 0) is 5.21 Å². The van der Waals surface area contributed by atoms with E-state index in [-0.39, 0.29) is 0 Å². The molecule has 0 aliphatic heterocycles. The van der Waals surface area contributed by atoms with Gasteiger partial charge in [0.2, 0.25) is 0 Å². The zero-order chi connectivity index (χ0) is 11.5. The average Bonchev–Trinajstić information content (AvgIpc) is 2.83. The van der Waals surface area contributed by atoms with E-state index >= 15 is 0 Å². The maximum absolute atomic E-state index is 5.76. The quantitative estimate of drug-likeness (QED) is 0.604. The molecule has 0 spiro atoms. The van der Waals surface area contributed by atoms with E-state index < -0.39 is 0 Å². The molecule has 0 fully saturated rings. The van der Waals surface area contributed by atoms with Crippen LogP contribution in [0.5, 0.6) is 0 Å². The summed E-state index contributed by atoms with van der Waals surface area (Å²) in [6.07, 6.45) is 1.78. The number of rotatable bonds is 4. The summed E-state index contributed by atoms with van der Waals surface area (Å²) in [7, 11) is 3.69. The summed E-state index contributed by atoms with van der Waals surface area (Å²) in [5.41, 5.74) is 0.997. The summed E-state index contributed by atoms with van der Waals surface area (Å²) in [6, 6.07) is 0. The second-order valence-corrected chi connectivity index (χ2v) is 4.42. The van der Waals surface area contributed by atoms with Crippen molar-refractivity contribution >= 4 is 23.4 Å². The molecule has 0 atom stereocenters. The van der Waals surface area contributed by atoms with Crippen LogP contribution >= 0.6 is 23.4 Å². The lowest BCUT2D eigenvalue weighted by molar-refractivity contribution is 0.628. The fourth-order valence-electron chi connectivity index (χ4n) is 1.19. The topological polar surface area (TPSA) is 61.4 Å². The predicted octanol–water partition coefficient (Wildman–Crippen LogP) is 0.975. The van der Waals surface area contributed by atoms with Crippen molar-refractivity contribution in [2.45, 2.75) is 16.8 Å². The Kier molecular flexibility index (Phi) is 3.45. The summed E-state index contributed by atoms with van der Waals surface area (Å²) in [6.45, 7) is 0. The van der Waals surface area contributed by atoms with E-state index in [1.807, 2.05) is 11.6 Å². The summed E-state index contributed by atoms with van der Waals surface area (Å²) in [5, 5.41) is 12.7. The molecule has 2 heterocycles. The van der Waals surface area contributed by atoms with Gasteiger partial charge in [-0.1, -0.05) is 11.8 Å². The van der Waals surface area contributed by atoms with Gasteiger partial charge < -0.3 is 4.57 Å². The van der Waals surface area contributed by atoms with Gasteiger partial charge in [-0.3, -0.25) is 0 Å². The van der Waals surface area contributed by atoms with E-state index in [0.717, 1.165) is 10.9 Å². The average molecular weight is 259 g/mol. The highest BCUT2D eigenvalue weighted by Gasteiger charge is 2.08. The van der Waals surface area contributed by atoms with Crippen molar-refractivity contribution in [2.75, 3.05) is 0 Å². The van der Waals surface area contributed by atoms with Gasteiger partial charge in [-0.15, -0.1) is 21.8 Å². The number of thioether (sulfide) groups is 1. The van der Waals surface area contributed by atoms with Crippen LogP contribution in [-0.4, -0.2) is 29.8 Å². The number of hydrogen-bond donors (Lipinski definition) is 0. The van der Waals surface area contributed by atoms with Crippen LogP contribution in [-0.2, 0) is 25.7 Å². The lowest BCUT2D eigenvalue weighted by Crippen LogP contribution is -1.96. The standard InChI is InChI=1S/C8H11ClN6S/c1-14-6(3-9)4-10-8(14)16-5-7-11-13-15(2)12-7/h4H,3,5H2,1-2H3. The summed E-state index contributed by atoms with van der Waals surface area (Å²) in [5.74, 6) is 1.82. The molecule has 0 unspecified atom stereocenters. The van der Waals surface area contributed by atoms with Crippen LogP contribution < -0.4 is 0 Å². The molecule has 0 saturated carbocycles. The van der Waals surface area contributed by atoms with Crippen LogP contribution in [0.1, 0.15) is 11.5 Å². The van der Waals surface area contributed by atoms with Crippen molar-refractivity contribution in [2.24, 2.45) is 14.1 Å². The molecular weight excluding hydrogens is 248 g/mol. The minimum atomic E-state index is 0.466. The molecule has 16 heavy (non-hydrogen) atoms. The molecule has 0 bridgehead atoms. The summed E-state index contributed by atoms with van der Waals surface area (Å²) < 4.78 is 1.97.